The quantitative estimate of drug-likeness (QED) is 0.661. The van der Waals surface area contributed by atoms with Crippen molar-refractivity contribution in [2.24, 2.45) is 0 Å². The molecule has 0 aliphatic heterocycles. The van der Waals surface area contributed by atoms with Crippen molar-refractivity contribution in [1.29, 1.82) is 0 Å². The van der Waals surface area contributed by atoms with Gasteiger partial charge < -0.3 is 10.5 Å². The number of anilines is 1. The van der Waals surface area contributed by atoms with Crippen molar-refractivity contribution in [3.8, 4) is 0 Å². The third-order valence-corrected chi connectivity index (χ3v) is 3.25. The smallest absolute Gasteiger partial charge is 0.341 e. The first-order valence-corrected chi connectivity index (χ1v) is 6.32. The van der Waals surface area contributed by atoms with Gasteiger partial charge in [-0.3, -0.25) is 4.98 Å². The second-order valence-electron chi connectivity index (χ2n) is 3.59. The number of esters is 1. The summed E-state index contributed by atoms with van der Waals surface area (Å²) >= 11 is 1.97. The molecular weight excluding hydrogens is 350 g/mol. The molecule has 0 aliphatic carbocycles. The van der Waals surface area contributed by atoms with Crippen LogP contribution in [0.25, 0.3) is 10.9 Å². The van der Waals surface area contributed by atoms with E-state index in [-0.39, 0.29) is 17.9 Å². The lowest BCUT2D eigenvalue weighted by molar-refractivity contribution is 0.0527. The third kappa shape index (κ3) is 2.24. The minimum Gasteiger partial charge on any atom is -0.462 e. The number of nitrogens with two attached hydrogens (primary N) is 1. The second kappa shape index (κ2) is 5.05. The van der Waals surface area contributed by atoms with Gasteiger partial charge in [-0.05, 0) is 41.6 Å². The maximum atomic E-state index is 13.4. The molecule has 0 aliphatic rings. The van der Waals surface area contributed by atoms with Gasteiger partial charge in [0.15, 0.2) is 0 Å². The van der Waals surface area contributed by atoms with Gasteiger partial charge in [0.05, 0.1) is 17.8 Å². The Kier molecular flexibility index (Phi) is 3.65. The van der Waals surface area contributed by atoms with Crippen LogP contribution < -0.4 is 5.73 Å². The summed E-state index contributed by atoms with van der Waals surface area (Å²) in [7, 11) is 0. The zero-order chi connectivity index (χ0) is 13.3. The molecule has 18 heavy (non-hydrogen) atoms. The number of fused-ring (bicyclic) bond motifs is 1. The molecule has 2 rings (SSSR count). The Labute approximate surface area is 116 Å². The zero-order valence-electron chi connectivity index (χ0n) is 9.54. The zero-order valence-corrected chi connectivity index (χ0v) is 11.7. The van der Waals surface area contributed by atoms with Gasteiger partial charge in [-0.15, -0.1) is 0 Å². The number of carbonyl (C=O) groups is 1. The Balaban J connectivity index is 2.67. The van der Waals surface area contributed by atoms with Crippen LogP contribution in [0, 0.1) is 9.39 Å². The highest BCUT2D eigenvalue weighted by Gasteiger charge is 2.16. The Bertz CT molecular complexity index is 631. The summed E-state index contributed by atoms with van der Waals surface area (Å²) in [5.74, 6) is -0.968. The van der Waals surface area contributed by atoms with Gasteiger partial charge in [-0.25, -0.2) is 9.18 Å². The molecule has 0 fully saturated rings. The Morgan fingerprint density at radius 1 is 1.56 bits per heavy atom. The molecule has 94 valence electrons. The number of nitrogen functional groups attached to an aromatic ring is 1. The van der Waals surface area contributed by atoms with Crippen molar-refractivity contribution in [2.45, 2.75) is 6.92 Å². The van der Waals surface area contributed by atoms with Crippen LogP contribution in [0.1, 0.15) is 17.3 Å². The molecule has 1 aromatic carbocycles. The average molecular weight is 360 g/mol. The summed E-state index contributed by atoms with van der Waals surface area (Å²) in [6.07, 6.45) is 1.36. The summed E-state index contributed by atoms with van der Waals surface area (Å²) in [5, 5.41) is 0.421. The standard InChI is InChI=1S/C12H10FIN2O2/c1-2-18-12(17)8-5-16-11-7(10(8)15)3-6(13)4-9(11)14/h3-5H,2H2,1H3,(H2,15,16). The van der Waals surface area contributed by atoms with Crippen LogP contribution in [0.2, 0.25) is 0 Å². The monoisotopic (exact) mass is 360 g/mol. The first-order chi connectivity index (χ1) is 8.54. The number of hydrogen-bond acceptors (Lipinski definition) is 4. The first-order valence-electron chi connectivity index (χ1n) is 5.25. The Morgan fingerprint density at radius 2 is 2.28 bits per heavy atom. The fourth-order valence-corrected chi connectivity index (χ4v) is 2.35. The van der Waals surface area contributed by atoms with Gasteiger partial charge in [-0.2, -0.15) is 0 Å². The van der Waals surface area contributed by atoms with E-state index in [9.17, 15) is 9.18 Å². The van der Waals surface area contributed by atoms with Crippen molar-refractivity contribution in [3.63, 3.8) is 0 Å². The SMILES string of the molecule is CCOC(=O)c1cnc2c(I)cc(F)cc2c1N. The van der Waals surface area contributed by atoms with Crippen LogP contribution in [-0.4, -0.2) is 17.6 Å². The molecule has 2 N–H and O–H groups in total. The van der Waals surface area contributed by atoms with Gasteiger partial charge in [0.25, 0.3) is 0 Å². The highest BCUT2D eigenvalue weighted by molar-refractivity contribution is 14.1. The molecule has 0 saturated carbocycles. The maximum absolute atomic E-state index is 13.4. The lowest BCUT2D eigenvalue weighted by Gasteiger charge is -2.09. The van der Waals surface area contributed by atoms with Gasteiger partial charge in [0.1, 0.15) is 11.4 Å². The molecule has 0 unspecified atom stereocenters. The number of nitrogens with zero attached hydrogens (tertiary/aromatic N) is 1. The summed E-state index contributed by atoms with van der Waals surface area (Å²) in [6, 6.07) is 2.63. The van der Waals surface area contributed by atoms with E-state index in [0.717, 1.165) is 0 Å². The Morgan fingerprint density at radius 3 is 2.94 bits per heavy atom. The molecule has 4 nitrogen and oxygen atoms in total. The predicted molar refractivity (Wildman–Crippen MR) is 74.8 cm³/mol. The molecule has 2 aromatic rings. The van der Waals surface area contributed by atoms with Gasteiger partial charge >= 0.3 is 5.97 Å². The van der Waals surface area contributed by atoms with Crippen molar-refractivity contribution < 1.29 is 13.9 Å². The van der Waals surface area contributed by atoms with E-state index in [1.165, 1.54) is 18.3 Å². The lowest BCUT2D eigenvalue weighted by atomic mass is 10.1. The van der Waals surface area contributed by atoms with Crippen molar-refractivity contribution in [2.75, 3.05) is 12.3 Å². The third-order valence-electron chi connectivity index (χ3n) is 2.43. The van der Waals surface area contributed by atoms with Crippen LogP contribution in [0.4, 0.5) is 10.1 Å². The molecule has 0 spiro atoms. The van der Waals surface area contributed by atoms with E-state index >= 15 is 0 Å². The van der Waals surface area contributed by atoms with Crippen LogP contribution >= 0.6 is 22.6 Å². The number of aromatic nitrogens is 1. The number of carbonyl (C=O) groups excluding carboxylic acids is 1. The summed E-state index contributed by atoms with van der Waals surface area (Å²) in [6.45, 7) is 1.95. The van der Waals surface area contributed by atoms with Crippen molar-refractivity contribution in [3.05, 3.63) is 33.3 Å². The molecule has 0 saturated heterocycles. The number of pyridine rings is 1. The summed E-state index contributed by atoms with van der Waals surface area (Å²) in [5.41, 5.74) is 6.80. The summed E-state index contributed by atoms with van der Waals surface area (Å²) < 4.78 is 18.9. The van der Waals surface area contributed by atoms with E-state index in [0.29, 0.717) is 14.5 Å². The molecule has 0 amide bonds. The average Bonchev–Trinajstić information content (AvgIpc) is 2.30. The number of rotatable bonds is 2. The fraction of sp³-hybridized carbons (Fsp3) is 0.167. The number of hydrogen-bond donors (Lipinski definition) is 1. The normalized spacial score (nSPS) is 10.6. The number of benzene rings is 1. The predicted octanol–water partition coefficient (Wildman–Crippen LogP) is 2.74. The van der Waals surface area contributed by atoms with E-state index in [4.69, 9.17) is 10.5 Å². The molecule has 1 aromatic heterocycles. The van der Waals surface area contributed by atoms with Gasteiger partial charge in [0, 0.05) is 15.2 Å². The van der Waals surface area contributed by atoms with E-state index in [2.05, 4.69) is 4.98 Å². The minimum absolute atomic E-state index is 0.158. The van der Waals surface area contributed by atoms with Crippen LogP contribution in [0.5, 0.6) is 0 Å². The lowest BCUT2D eigenvalue weighted by Crippen LogP contribution is -2.09. The van der Waals surface area contributed by atoms with Gasteiger partial charge in [0.2, 0.25) is 0 Å². The molecule has 0 atom stereocenters. The maximum Gasteiger partial charge on any atom is 0.341 e. The van der Waals surface area contributed by atoms with Crippen LogP contribution in [0.3, 0.4) is 0 Å². The van der Waals surface area contributed by atoms with Crippen molar-refractivity contribution in [1.82, 2.24) is 4.98 Å². The topological polar surface area (TPSA) is 65.2 Å². The second-order valence-corrected chi connectivity index (χ2v) is 4.75. The van der Waals surface area contributed by atoms with Crippen LogP contribution in [-0.2, 0) is 4.74 Å². The first kappa shape index (κ1) is 13.0. The largest absolute Gasteiger partial charge is 0.462 e. The van der Waals surface area contributed by atoms with E-state index in [1.807, 2.05) is 22.6 Å². The number of ether oxygens (including phenoxy) is 1. The van der Waals surface area contributed by atoms with Crippen LogP contribution in [0.15, 0.2) is 18.3 Å². The molecule has 6 heteroatoms. The highest BCUT2D eigenvalue weighted by atomic mass is 127. The molecule has 0 radical (unpaired) electrons. The van der Waals surface area contributed by atoms with Crippen molar-refractivity contribution >= 4 is 45.2 Å². The summed E-state index contributed by atoms with van der Waals surface area (Å²) in [4.78, 5) is 15.8. The molecule has 0 bridgehead atoms. The van der Waals surface area contributed by atoms with E-state index < -0.39 is 11.8 Å². The van der Waals surface area contributed by atoms with Gasteiger partial charge in [-0.1, -0.05) is 0 Å². The highest BCUT2D eigenvalue weighted by Crippen LogP contribution is 2.27. The fourth-order valence-electron chi connectivity index (χ4n) is 1.62. The molecule has 1 heterocycles. The van der Waals surface area contributed by atoms with E-state index in [1.54, 1.807) is 6.92 Å². The minimum atomic E-state index is -0.552. The molecular formula is C12H10FIN2O2. The number of halogens is 2. The Hall–Kier alpha value is -1.44.